The molecule has 1 aromatic rings. The molecule has 2 rings (SSSR count). The van der Waals surface area contributed by atoms with Crippen molar-refractivity contribution in [1.82, 2.24) is 9.88 Å². The Morgan fingerprint density at radius 2 is 2.35 bits per heavy atom. The van der Waals surface area contributed by atoms with Crippen LogP contribution in [-0.2, 0) is 4.74 Å². The number of pyridine rings is 1. The van der Waals surface area contributed by atoms with E-state index in [0.29, 0.717) is 25.4 Å². The minimum atomic E-state index is -0.0178. The van der Waals surface area contributed by atoms with Crippen LogP contribution in [-0.4, -0.2) is 41.6 Å². The first-order chi connectivity index (χ1) is 8.08. The fourth-order valence-electron chi connectivity index (χ4n) is 1.83. The van der Waals surface area contributed by atoms with Gasteiger partial charge in [0.2, 0.25) is 0 Å². The zero-order valence-electron chi connectivity index (χ0n) is 9.94. The van der Waals surface area contributed by atoms with Crippen molar-refractivity contribution in [2.45, 2.75) is 20.0 Å². The maximum Gasteiger partial charge on any atom is 0.272 e. The molecule has 1 aliphatic rings. The SMILES string of the molecule is Cc1nc(C(=O)N2CCO[C@H](C)C2)ccc1Br. The minimum absolute atomic E-state index is 0.0178. The topological polar surface area (TPSA) is 42.4 Å². The van der Waals surface area contributed by atoms with Gasteiger partial charge in [-0.1, -0.05) is 0 Å². The van der Waals surface area contributed by atoms with Crippen molar-refractivity contribution in [2.24, 2.45) is 0 Å². The standard InChI is InChI=1S/C12H15BrN2O2/c1-8-7-15(5-6-17-8)12(16)11-4-3-10(13)9(2)14-11/h3-4,8H,5-7H2,1-2H3/t8-/m1/s1. The van der Waals surface area contributed by atoms with Gasteiger partial charge in [-0.15, -0.1) is 0 Å². The molecule has 0 radical (unpaired) electrons. The minimum Gasteiger partial charge on any atom is -0.375 e. The second-order valence-corrected chi connectivity index (χ2v) is 5.05. The maximum atomic E-state index is 12.2. The summed E-state index contributed by atoms with van der Waals surface area (Å²) in [5.41, 5.74) is 1.33. The average Bonchev–Trinajstić information content (AvgIpc) is 2.32. The first kappa shape index (κ1) is 12.5. The molecule has 17 heavy (non-hydrogen) atoms. The van der Waals surface area contributed by atoms with E-state index in [0.717, 1.165) is 10.2 Å². The van der Waals surface area contributed by atoms with Crippen LogP contribution in [0.1, 0.15) is 23.1 Å². The van der Waals surface area contributed by atoms with Crippen LogP contribution in [0.5, 0.6) is 0 Å². The van der Waals surface area contributed by atoms with Crippen LogP contribution in [0.15, 0.2) is 16.6 Å². The second-order valence-electron chi connectivity index (χ2n) is 4.20. The molecular formula is C12H15BrN2O2. The number of nitrogens with zero attached hydrogens (tertiary/aromatic N) is 2. The van der Waals surface area contributed by atoms with Gasteiger partial charge in [-0.2, -0.15) is 0 Å². The molecule has 4 nitrogen and oxygen atoms in total. The average molecular weight is 299 g/mol. The van der Waals surface area contributed by atoms with E-state index in [1.54, 1.807) is 11.0 Å². The van der Waals surface area contributed by atoms with Gasteiger partial charge in [-0.05, 0) is 41.9 Å². The van der Waals surface area contributed by atoms with E-state index in [9.17, 15) is 4.79 Å². The number of rotatable bonds is 1. The summed E-state index contributed by atoms with van der Waals surface area (Å²) in [5.74, 6) is -0.0178. The van der Waals surface area contributed by atoms with E-state index in [1.165, 1.54) is 0 Å². The fraction of sp³-hybridized carbons (Fsp3) is 0.500. The molecule has 1 aliphatic heterocycles. The van der Waals surface area contributed by atoms with Crippen molar-refractivity contribution in [1.29, 1.82) is 0 Å². The predicted molar refractivity (Wildman–Crippen MR) is 68.0 cm³/mol. The summed E-state index contributed by atoms with van der Waals surface area (Å²) in [6.07, 6.45) is 0.101. The molecule has 0 unspecified atom stereocenters. The van der Waals surface area contributed by atoms with Crippen LogP contribution in [0.2, 0.25) is 0 Å². The Morgan fingerprint density at radius 1 is 1.59 bits per heavy atom. The molecule has 1 aromatic heterocycles. The molecule has 0 aromatic carbocycles. The lowest BCUT2D eigenvalue weighted by Gasteiger charge is -2.30. The highest BCUT2D eigenvalue weighted by atomic mass is 79.9. The third kappa shape index (κ3) is 2.84. The maximum absolute atomic E-state index is 12.2. The van der Waals surface area contributed by atoms with Crippen LogP contribution in [0, 0.1) is 6.92 Å². The van der Waals surface area contributed by atoms with Crippen LogP contribution < -0.4 is 0 Å². The fourth-order valence-corrected chi connectivity index (χ4v) is 2.05. The number of hydrogen-bond donors (Lipinski definition) is 0. The Balaban J connectivity index is 2.15. The number of carbonyl (C=O) groups excluding carboxylic acids is 1. The van der Waals surface area contributed by atoms with Gasteiger partial charge in [-0.25, -0.2) is 4.98 Å². The summed E-state index contributed by atoms with van der Waals surface area (Å²) >= 11 is 3.38. The molecule has 0 N–H and O–H groups in total. The quantitative estimate of drug-likeness (QED) is 0.796. The van der Waals surface area contributed by atoms with E-state index in [4.69, 9.17) is 4.74 Å². The molecular weight excluding hydrogens is 284 g/mol. The van der Waals surface area contributed by atoms with E-state index in [2.05, 4.69) is 20.9 Å². The van der Waals surface area contributed by atoms with Crippen molar-refractivity contribution < 1.29 is 9.53 Å². The molecule has 0 bridgehead atoms. The summed E-state index contributed by atoms with van der Waals surface area (Å²) in [7, 11) is 0. The molecule has 2 heterocycles. The normalized spacial score (nSPS) is 20.4. The summed E-state index contributed by atoms with van der Waals surface area (Å²) in [5, 5.41) is 0. The lowest BCUT2D eigenvalue weighted by atomic mass is 10.2. The largest absolute Gasteiger partial charge is 0.375 e. The first-order valence-electron chi connectivity index (χ1n) is 5.62. The third-order valence-corrected chi connectivity index (χ3v) is 3.61. The second kappa shape index (κ2) is 5.14. The summed E-state index contributed by atoms with van der Waals surface area (Å²) in [6, 6.07) is 3.61. The monoisotopic (exact) mass is 298 g/mol. The van der Waals surface area contributed by atoms with Gasteiger partial charge in [-0.3, -0.25) is 4.79 Å². The highest BCUT2D eigenvalue weighted by molar-refractivity contribution is 9.10. The molecule has 0 saturated carbocycles. The molecule has 0 aliphatic carbocycles. The van der Waals surface area contributed by atoms with Gasteiger partial charge in [0.1, 0.15) is 5.69 Å². The zero-order valence-corrected chi connectivity index (χ0v) is 11.5. The van der Waals surface area contributed by atoms with Crippen molar-refractivity contribution >= 4 is 21.8 Å². The van der Waals surface area contributed by atoms with E-state index in [1.807, 2.05) is 19.9 Å². The number of aryl methyl sites for hydroxylation is 1. The summed E-state index contributed by atoms with van der Waals surface area (Å²) in [4.78, 5) is 18.3. The van der Waals surface area contributed by atoms with Gasteiger partial charge >= 0.3 is 0 Å². The lowest BCUT2D eigenvalue weighted by molar-refractivity contribution is -0.0126. The number of halogens is 1. The molecule has 1 amide bonds. The Hall–Kier alpha value is -0.940. The van der Waals surface area contributed by atoms with Crippen LogP contribution in [0.25, 0.3) is 0 Å². The Labute approximate surface area is 109 Å². The van der Waals surface area contributed by atoms with Crippen LogP contribution >= 0.6 is 15.9 Å². The number of amides is 1. The highest BCUT2D eigenvalue weighted by Gasteiger charge is 2.23. The lowest BCUT2D eigenvalue weighted by Crippen LogP contribution is -2.44. The summed E-state index contributed by atoms with van der Waals surface area (Å²) < 4.78 is 6.34. The Kier molecular flexibility index (Phi) is 3.79. The van der Waals surface area contributed by atoms with E-state index in [-0.39, 0.29) is 12.0 Å². The van der Waals surface area contributed by atoms with E-state index >= 15 is 0 Å². The third-order valence-electron chi connectivity index (χ3n) is 2.77. The van der Waals surface area contributed by atoms with Crippen molar-refractivity contribution in [2.75, 3.05) is 19.7 Å². The van der Waals surface area contributed by atoms with Gasteiger partial charge in [0.05, 0.1) is 18.4 Å². The smallest absolute Gasteiger partial charge is 0.272 e. The number of carbonyl (C=O) groups is 1. The molecule has 5 heteroatoms. The van der Waals surface area contributed by atoms with Gasteiger partial charge in [0, 0.05) is 17.6 Å². The number of ether oxygens (including phenoxy) is 1. The van der Waals surface area contributed by atoms with Crippen LogP contribution in [0.3, 0.4) is 0 Å². The van der Waals surface area contributed by atoms with Crippen molar-refractivity contribution in [3.8, 4) is 0 Å². The number of morpholine rings is 1. The molecule has 1 saturated heterocycles. The Morgan fingerprint density at radius 3 is 3.00 bits per heavy atom. The van der Waals surface area contributed by atoms with Gasteiger partial charge in [0.25, 0.3) is 5.91 Å². The van der Waals surface area contributed by atoms with Crippen molar-refractivity contribution in [3.63, 3.8) is 0 Å². The molecule has 92 valence electrons. The molecule has 0 spiro atoms. The number of aromatic nitrogens is 1. The van der Waals surface area contributed by atoms with Crippen LogP contribution in [0.4, 0.5) is 0 Å². The highest BCUT2D eigenvalue weighted by Crippen LogP contribution is 2.15. The number of hydrogen-bond acceptors (Lipinski definition) is 3. The predicted octanol–water partition coefficient (Wildman–Crippen LogP) is 2.01. The van der Waals surface area contributed by atoms with Crippen molar-refractivity contribution in [3.05, 3.63) is 28.0 Å². The zero-order chi connectivity index (χ0) is 12.4. The molecule has 1 fully saturated rings. The molecule has 1 atom stereocenters. The van der Waals surface area contributed by atoms with Gasteiger partial charge < -0.3 is 9.64 Å². The van der Waals surface area contributed by atoms with E-state index < -0.39 is 0 Å². The first-order valence-corrected chi connectivity index (χ1v) is 6.41. The van der Waals surface area contributed by atoms with Gasteiger partial charge in [0.15, 0.2) is 0 Å². The summed E-state index contributed by atoms with van der Waals surface area (Å²) in [6.45, 7) is 5.72. The Bertz CT molecular complexity index is 437.